The van der Waals surface area contributed by atoms with Gasteiger partial charge in [-0.25, -0.2) is 8.78 Å². The van der Waals surface area contributed by atoms with Crippen LogP contribution in [0.4, 0.5) is 14.5 Å². The van der Waals surface area contributed by atoms with Crippen LogP contribution in [0.5, 0.6) is 5.75 Å². The molecule has 0 N–H and O–H groups in total. The molecule has 0 aromatic heterocycles. The highest BCUT2D eigenvalue weighted by Gasteiger charge is 2.08. The summed E-state index contributed by atoms with van der Waals surface area (Å²) in [6, 6.07) is 1.59. The molecule has 0 radical (unpaired) electrons. The summed E-state index contributed by atoms with van der Waals surface area (Å²) in [5.41, 5.74) is 7.74. The van der Waals surface area contributed by atoms with Gasteiger partial charge in [-0.2, -0.15) is 0 Å². The SMILES string of the molecule is COc1cc(N=[N+]=[N-])c(F)cc1F. The van der Waals surface area contributed by atoms with Gasteiger partial charge in [-0.05, 0) is 11.6 Å². The number of nitrogens with zero attached hydrogens (tertiary/aromatic N) is 3. The van der Waals surface area contributed by atoms with Gasteiger partial charge in [0.25, 0.3) is 0 Å². The Morgan fingerprint density at radius 2 is 2.08 bits per heavy atom. The van der Waals surface area contributed by atoms with Crippen LogP contribution in [-0.2, 0) is 0 Å². The average molecular weight is 185 g/mol. The lowest BCUT2D eigenvalue weighted by atomic mass is 10.3. The minimum Gasteiger partial charge on any atom is -0.494 e. The normalized spacial score (nSPS) is 9.15. The van der Waals surface area contributed by atoms with Gasteiger partial charge in [0.15, 0.2) is 11.6 Å². The summed E-state index contributed by atoms with van der Waals surface area (Å²) in [7, 11) is 1.23. The molecule has 1 aromatic rings. The Morgan fingerprint density at radius 1 is 1.38 bits per heavy atom. The van der Waals surface area contributed by atoms with E-state index in [1.807, 2.05) is 0 Å². The largest absolute Gasteiger partial charge is 0.494 e. The van der Waals surface area contributed by atoms with Crippen LogP contribution in [0.25, 0.3) is 10.4 Å². The number of benzene rings is 1. The minimum absolute atomic E-state index is 0.163. The first-order chi connectivity index (χ1) is 6.19. The number of rotatable bonds is 2. The lowest BCUT2D eigenvalue weighted by Crippen LogP contribution is -1.89. The molecule has 4 nitrogen and oxygen atoms in total. The molecule has 0 saturated heterocycles. The summed E-state index contributed by atoms with van der Waals surface area (Å²) in [5.74, 6) is -1.92. The number of hydrogen-bond acceptors (Lipinski definition) is 2. The lowest BCUT2D eigenvalue weighted by Gasteiger charge is -2.02. The molecule has 1 aromatic carbocycles. The third-order valence-corrected chi connectivity index (χ3v) is 1.37. The Morgan fingerprint density at radius 3 is 2.62 bits per heavy atom. The van der Waals surface area contributed by atoms with Crippen molar-refractivity contribution in [3.63, 3.8) is 0 Å². The van der Waals surface area contributed by atoms with Crippen molar-refractivity contribution >= 4 is 5.69 Å². The van der Waals surface area contributed by atoms with Gasteiger partial charge >= 0.3 is 0 Å². The highest BCUT2D eigenvalue weighted by molar-refractivity contribution is 5.45. The van der Waals surface area contributed by atoms with Crippen LogP contribution in [0.15, 0.2) is 17.2 Å². The first-order valence-corrected chi connectivity index (χ1v) is 3.27. The maximum absolute atomic E-state index is 12.8. The lowest BCUT2D eigenvalue weighted by molar-refractivity contribution is 0.384. The number of halogens is 2. The fourth-order valence-electron chi connectivity index (χ4n) is 0.800. The molecule has 0 unspecified atom stereocenters. The van der Waals surface area contributed by atoms with Gasteiger partial charge in [0.2, 0.25) is 0 Å². The monoisotopic (exact) mass is 185 g/mol. The Kier molecular flexibility index (Phi) is 2.66. The molecule has 0 spiro atoms. The van der Waals surface area contributed by atoms with E-state index in [4.69, 9.17) is 5.53 Å². The fraction of sp³-hybridized carbons (Fsp3) is 0.143. The summed E-state index contributed by atoms with van der Waals surface area (Å²) in [4.78, 5) is 2.38. The van der Waals surface area contributed by atoms with E-state index in [1.54, 1.807) is 0 Å². The Labute approximate surface area is 72.4 Å². The zero-order valence-electron chi connectivity index (χ0n) is 6.66. The quantitative estimate of drug-likeness (QED) is 0.397. The predicted molar refractivity (Wildman–Crippen MR) is 41.7 cm³/mol. The molecule has 0 aliphatic heterocycles. The zero-order valence-corrected chi connectivity index (χ0v) is 6.66. The Hall–Kier alpha value is -1.81. The van der Waals surface area contributed by atoms with Gasteiger partial charge in [-0.1, -0.05) is 5.11 Å². The number of methoxy groups -OCH3 is 1. The first kappa shape index (κ1) is 9.28. The summed E-state index contributed by atoms with van der Waals surface area (Å²) >= 11 is 0. The summed E-state index contributed by atoms with van der Waals surface area (Å²) in [5, 5.41) is 3.01. The summed E-state index contributed by atoms with van der Waals surface area (Å²) in [6.45, 7) is 0. The fourth-order valence-corrected chi connectivity index (χ4v) is 0.800. The molecule has 0 aliphatic rings. The smallest absolute Gasteiger partial charge is 0.167 e. The van der Waals surface area contributed by atoms with Crippen molar-refractivity contribution in [1.82, 2.24) is 0 Å². The average Bonchev–Trinajstić information content (AvgIpc) is 2.10. The van der Waals surface area contributed by atoms with Gasteiger partial charge in [0.05, 0.1) is 12.8 Å². The number of ether oxygens (including phenoxy) is 1. The third kappa shape index (κ3) is 1.86. The molecule has 0 heterocycles. The topological polar surface area (TPSA) is 58.0 Å². The molecule has 0 saturated carbocycles. The zero-order chi connectivity index (χ0) is 9.84. The van der Waals surface area contributed by atoms with E-state index in [1.165, 1.54) is 7.11 Å². The van der Waals surface area contributed by atoms with E-state index in [0.717, 1.165) is 6.07 Å². The molecule has 0 atom stereocenters. The van der Waals surface area contributed by atoms with Crippen molar-refractivity contribution in [1.29, 1.82) is 0 Å². The third-order valence-electron chi connectivity index (χ3n) is 1.37. The van der Waals surface area contributed by atoms with E-state index in [9.17, 15) is 8.78 Å². The second-order valence-electron chi connectivity index (χ2n) is 2.13. The molecule has 68 valence electrons. The molecule has 0 fully saturated rings. The van der Waals surface area contributed by atoms with Crippen molar-refractivity contribution in [2.75, 3.05) is 7.11 Å². The van der Waals surface area contributed by atoms with Crippen molar-refractivity contribution in [2.24, 2.45) is 5.11 Å². The molecule has 0 bridgehead atoms. The molecular formula is C7H5F2N3O. The molecule has 6 heteroatoms. The van der Waals surface area contributed by atoms with Crippen LogP contribution in [0.2, 0.25) is 0 Å². The number of azide groups is 1. The second-order valence-corrected chi connectivity index (χ2v) is 2.13. The Bertz CT molecular complexity index is 374. The van der Waals surface area contributed by atoms with E-state index in [2.05, 4.69) is 14.8 Å². The van der Waals surface area contributed by atoms with E-state index >= 15 is 0 Å². The van der Waals surface area contributed by atoms with Gasteiger partial charge in [-0.15, -0.1) is 0 Å². The standard InChI is InChI=1S/C7H5F2N3O/c1-13-7-3-6(11-12-10)4(8)2-5(7)9/h2-3H,1H3. The summed E-state index contributed by atoms with van der Waals surface area (Å²) < 4.78 is 30.1. The highest BCUT2D eigenvalue weighted by atomic mass is 19.1. The van der Waals surface area contributed by atoms with Crippen molar-refractivity contribution in [2.45, 2.75) is 0 Å². The van der Waals surface area contributed by atoms with Crippen LogP contribution in [0.1, 0.15) is 0 Å². The highest BCUT2D eigenvalue weighted by Crippen LogP contribution is 2.26. The van der Waals surface area contributed by atoms with Gasteiger partial charge < -0.3 is 4.74 Å². The van der Waals surface area contributed by atoms with Crippen LogP contribution in [-0.4, -0.2) is 7.11 Å². The van der Waals surface area contributed by atoms with Crippen LogP contribution >= 0.6 is 0 Å². The van der Waals surface area contributed by atoms with E-state index in [0.29, 0.717) is 6.07 Å². The first-order valence-electron chi connectivity index (χ1n) is 3.27. The van der Waals surface area contributed by atoms with Crippen LogP contribution in [0.3, 0.4) is 0 Å². The molecule has 0 aliphatic carbocycles. The van der Waals surface area contributed by atoms with Gasteiger partial charge in [0.1, 0.15) is 5.82 Å². The number of hydrogen-bond donors (Lipinski definition) is 0. The van der Waals surface area contributed by atoms with Crippen LogP contribution < -0.4 is 4.74 Å². The second kappa shape index (κ2) is 3.73. The predicted octanol–water partition coefficient (Wildman–Crippen LogP) is 2.92. The molecular weight excluding hydrogens is 180 g/mol. The van der Waals surface area contributed by atoms with Crippen molar-refractivity contribution < 1.29 is 13.5 Å². The van der Waals surface area contributed by atoms with E-state index in [-0.39, 0.29) is 11.4 Å². The minimum atomic E-state index is -0.920. The van der Waals surface area contributed by atoms with Gasteiger partial charge in [0, 0.05) is 11.0 Å². The molecule has 1 rings (SSSR count). The molecule has 0 amide bonds. The maximum Gasteiger partial charge on any atom is 0.167 e. The van der Waals surface area contributed by atoms with Crippen molar-refractivity contribution in [3.05, 3.63) is 34.2 Å². The van der Waals surface area contributed by atoms with Gasteiger partial charge in [-0.3, -0.25) is 0 Å². The Balaban J connectivity index is 3.29. The molecule has 13 heavy (non-hydrogen) atoms. The van der Waals surface area contributed by atoms with Crippen molar-refractivity contribution in [3.8, 4) is 5.75 Å². The van der Waals surface area contributed by atoms with E-state index < -0.39 is 11.6 Å². The summed E-state index contributed by atoms with van der Waals surface area (Å²) in [6.07, 6.45) is 0. The maximum atomic E-state index is 12.8. The van der Waals surface area contributed by atoms with Crippen LogP contribution in [0, 0.1) is 11.6 Å².